The van der Waals surface area contributed by atoms with E-state index in [2.05, 4.69) is 22.0 Å². The van der Waals surface area contributed by atoms with Gasteiger partial charge in [0.1, 0.15) is 0 Å². The van der Waals surface area contributed by atoms with Gasteiger partial charge in [-0.05, 0) is 6.07 Å². The topological polar surface area (TPSA) is 63.4 Å². The van der Waals surface area contributed by atoms with Crippen LogP contribution < -0.4 is 0 Å². The van der Waals surface area contributed by atoms with Gasteiger partial charge in [-0.2, -0.15) is 0 Å². The molecular formula is C6H3BrNO3. The van der Waals surface area contributed by atoms with Crippen LogP contribution in [-0.4, -0.2) is 10.0 Å². The Balaban J connectivity index is 3.23. The van der Waals surface area contributed by atoms with Gasteiger partial charge in [0.2, 0.25) is 5.75 Å². The Morgan fingerprint density at radius 3 is 2.82 bits per heavy atom. The maximum Gasteiger partial charge on any atom is 0.312 e. The number of rotatable bonds is 1. The van der Waals surface area contributed by atoms with Crippen LogP contribution in [0.5, 0.6) is 5.75 Å². The Hall–Kier alpha value is -1.10. The van der Waals surface area contributed by atoms with Crippen molar-refractivity contribution in [1.82, 2.24) is 0 Å². The molecule has 1 aromatic rings. The van der Waals surface area contributed by atoms with E-state index in [-0.39, 0.29) is 5.69 Å². The lowest BCUT2D eigenvalue weighted by Crippen LogP contribution is -1.87. The van der Waals surface area contributed by atoms with E-state index in [1.165, 1.54) is 12.1 Å². The summed E-state index contributed by atoms with van der Waals surface area (Å²) in [4.78, 5) is 9.51. The number of benzene rings is 1. The fourth-order valence-electron chi connectivity index (χ4n) is 0.591. The predicted molar refractivity (Wildman–Crippen MR) is 41.3 cm³/mol. The van der Waals surface area contributed by atoms with Crippen molar-refractivity contribution < 1.29 is 10.0 Å². The maximum atomic E-state index is 10.2. The number of nitro groups is 1. The zero-order chi connectivity index (χ0) is 8.43. The van der Waals surface area contributed by atoms with Crippen molar-refractivity contribution in [3.63, 3.8) is 0 Å². The van der Waals surface area contributed by atoms with Crippen LogP contribution in [0.15, 0.2) is 16.6 Å². The van der Waals surface area contributed by atoms with Crippen molar-refractivity contribution >= 4 is 21.6 Å². The summed E-state index contributed by atoms with van der Waals surface area (Å²) in [5, 5.41) is 19.1. The van der Waals surface area contributed by atoms with Gasteiger partial charge in [0, 0.05) is 16.6 Å². The predicted octanol–water partition coefficient (Wildman–Crippen LogP) is 1.86. The highest BCUT2D eigenvalue weighted by Gasteiger charge is 2.12. The molecule has 57 valence electrons. The maximum absolute atomic E-state index is 10.2. The SMILES string of the molecule is O=[N+]([O-])c1cc(Br)c[c]c1O. The molecule has 0 saturated heterocycles. The zero-order valence-electron chi connectivity index (χ0n) is 5.24. The smallest absolute Gasteiger partial charge is 0.312 e. The minimum Gasteiger partial charge on any atom is -0.502 e. The van der Waals surface area contributed by atoms with E-state index >= 15 is 0 Å². The number of phenolic OH excluding ortho intramolecular Hbond substituents is 1. The second-order valence-corrected chi connectivity index (χ2v) is 2.72. The van der Waals surface area contributed by atoms with Crippen LogP contribution in [0.1, 0.15) is 0 Å². The molecule has 0 atom stereocenters. The highest BCUT2D eigenvalue weighted by molar-refractivity contribution is 9.10. The molecule has 0 aliphatic heterocycles. The molecule has 0 amide bonds. The van der Waals surface area contributed by atoms with Crippen molar-refractivity contribution in [2.45, 2.75) is 0 Å². The molecule has 0 aromatic heterocycles. The average Bonchev–Trinajstić information content (AvgIpc) is 1.94. The van der Waals surface area contributed by atoms with E-state index in [9.17, 15) is 10.1 Å². The lowest BCUT2D eigenvalue weighted by atomic mass is 10.3. The molecule has 0 unspecified atom stereocenters. The summed E-state index contributed by atoms with van der Waals surface area (Å²) < 4.78 is 0.516. The quantitative estimate of drug-likeness (QED) is 0.576. The van der Waals surface area contributed by atoms with Crippen molar-refractivity contribution in [2.75, 3.05) is 0 Å². The summed E-state index contributed by atoms with van der Waals surface area (Å²) in [7, 11) is 0. The third-order valence-corrected chi connectivity index (χ3v) is 1.52. The van der Waals surface area contributed by atoms with Crippen LogP contribution in [0.4, 0.5) is 5.69 Å². The molecule has 0 bridgehead atoms. The largest absolute Gasteiger partial charge is 0.502 e. The minimum atomic E-state index is -0.670. The second kappa shape index (κ2) is 2.87. The van der Waals surface area contributed by atoms with Crippen molar-refractivity contribution in [3.05, 3.63) is 32.8 Å². The van der Waals surface area contributed by atoms with Gasteiger partial charge in [-0.15, -0.1) is 0 Å². The lowest BCUT2D eigenvalue weighted by molar-refractivity contribution is -0.386. The number of aromatic hydroxyl groups is 1. The highest BCUT2D eigenvalue weighted by Crippen LogP contribution is 2.27. The Labute approximate surface area is 70.7 Å². The lowest BCUT2D eigenvalue weighted by Gasteiger charge is -1.93. The second-order valence-electron chi connectivity index (χ2n) is 1.81. The first kappa shape index (κ1) is 8.00. The van der Waals surface area contributed by atoms with Crippen molar-refractivity contribution in [3.8, 4) is 5.75 Å². The standard InChI is InChI=1S/C6H3BrNO3/c7-4-1-2-6(9)5(3-4)8(10)11/h1,3,9H. The number of halogens is 1. The fraction of sp³-hybridized carbons (Fsp3) is 0. The van der Waals surface area contributed by atoms with E-state index in [4.69, 9.17) is 5.11 Å². The fourth-order valence-corrected chi connectivity index (χ4v) is 0.922. The van der Waals surface area contributed by atoms with Crippen LogP contribution in [0, 0.1) is 16.2 Å². The van der Waals surface area contributed by atoms with E-state index in [1.54, 1.807) is 0 Å². The first-order valence-corrected chi connectivity index (χ1v) is 3.45. The van der Waals surface area contributed by atoms with E-state index in [1.807, 2.05) is 0 Å². The normalized spacial score (nSPS) is 9.55. The van der Waals surface area contributed by atoms with Gasteiger partial charge in [-0.1, -0.05) is 15.9 Å². The molecule has 5 heteroatoms. The molecule has 1 aromatic carbocycles. The Morgan fingerprint density at radius 2 is 2.36 bits per heavy atom. The summed E-state index contributed by atoms with van der Waals surface area (Å²) in [5.41, 5.74) is -0.348. The Bertz CT molecular complexity index is 300. The molecule has 0 saturated carbocycles. The van der Waals surface area contributed by atoms with Crippen LogP contribution in [0.25, 0.3) is 0 Å². The number of hydrogen-bond donors (Lipinski definition) is 1. The molecule has 0 aliphatic carbocycles. The summed E-state index contributed by atoms with van der Waals surface area (Å²) in [5.74, 6) is -0.446. The van der Waals surface area contributed by atoms with Crippen LogP contribution >= 0.6 is 15.9 Å². The van der Waals surface area contributed by atoms with Gasteiger partial charge in [0.05, 0.1) is 4.92 Å². The summed E-state index contributed by atoms with van der Waals surface area (Å²) >= 11 is 3.02. The van der Waals surface area contributed by atoms with Crippen molar-refractivity contribution in [1.29, 1.82) is 0 Å². The molecule has 1 N–H and O–H groups in total. The monoisotopic (exact) mass is 216 g/mol. The van der Waals surface area contributed by atoms with Gasteiger partial charge in [-0.3, -0.25) is 10.1 Å². The number of nitrogens with zero attached hydrogens (tertiary/aromatic N) is 1. The molecule has 0 spiro atoms. The minimum absolute atomic E-state index is 0.348. The molecule has 11 heavy (non-hydrogen) atoms. The van der Waals surface area contributed by atoms with Gasteiger partial charge in [-0.25, -0.2) is 0 Å². The summed E-state index contributed by atoms with van der Waals surface area (Å²) in [6.45, 7) is 0. The molecule has 4 nitrogen and oxygen atoms in total. The number of hydrogen-bond acceptors (Lipinski definition) is 3. The molecule has 0 aliphatic rings. The number of nitro benzene ring substituents is 1. The number of phenols is 1. The van der Waals surface area contributed by atoms with Gasteiger partial charge in [0.25, 0.3) is 0 Å². The van der Waals surface area contributed by atoms with Crippen molar-refractivity contribution in [2.24, 2.45) is 0 Å². The highest BCUT2D eigenvalue weighted by atomic mass is 79.9. The van der Waals surface area contributed by atoms with Gasteiger partial charge >= 0.3 is 5.69 Å². The third kappa shape index (κ3) is 1.68. The summed E-state index contributed by atoms with van der Waals surface area (Å²) in [6.07, 6.45) is 0. The third-order valence-electron chi connectivity index (χ3n) is 1.06. The molecule has 1 radical (unpaired) electrons. The molecule has 0 heterocycles. The van der Waals surface area contributed by atoms with E-state index in [0.29, 0.717) is 4.47 Å². The first-order valence-electron chi connectivity index (χ1n) is 2.66. The van der Waals surface area contributed by atoms with Gasteiger partial charge in [0.15, 0.2) is 0 Å². The summed E-state index contributed by atoms with van der Waals surface area (Å²) in [6, 6.07) is 4.94. The van der Waals surface area contributed by atoms with E-state index < -0.39 is 10.7 Å². The van der Waals surface area contributed by atoms with Crippen LogP contribution in [-0.2, 0) is 0 Å². The van der Waals surface area contributed by atoms with Crippen LogP contribution in [0.3, 0.4) is 0 Å². The first-order chi connectivity index (χ1) is 5.11. The van der Waals surface area contributed by atoms with Crippen LogP contribution in [0.2, 0.25) is 0 Å². The molecule has 1 rings (SSSR count). The average molecular weight is 217 g/mol. The van der Waals surface area contributed by atoms with E-state index in [0.717, 1.165) is 0 Å². The van der Waals surface area contributed by atoms with Gasteiger partial charge < -0.3 is 5.11 Å². The zero-order valence-corrected chi connectivity index (χ0v) is 6.83. The molecular weight excluding hydrogens is 214 g/mol. The Morgan fingerprint density at radius 1 is 1.73 bits per heavy atom. The Kier molecular flexibility index (Phi) is 2.09. The molecule has 0 fully saturated rings.